The summed E-state index contributed by atoms with van der Waals surface area (Å²) in [5.41, 5.74) is 2.09. The lowest BCUT2D eigenvalue weighted by atomic mass is 10.1. The second kappa shape index (κ2) is 6.04. The molecule has 0 aliphatic carbocycles. The Bertz CT molecular complexity index is 396. The van der Waals surface area contributed by atoms with Gasteiger partial charge in [0.15, 0.2) is 0 Å². The van der Waals surface area contributed by atoms with Crippen LogP contribution in [0.15, 0.2) is 0 Å². The van der Waals surface area contributed by atoms with E-state index < -0.39 is 0 Å². The van der Waals surface area contributed by atoms with Crippen LogP contribution in [0, 0.1) is 6.92 Å². The van der Waals surface area contributed by atoms with E-state index in [2.05, 4.69) is 29.3 Å². The monoisotopic (exact) mass is 270 g/mol. The van der Waals surface area contributed by atoms with Gasteiger partial charge in [-0.2, -0.15) is 5.10 Å². The van der Waals surface area contributed by atoms with Crippen LogP contribution in [0.2, 0.25) is 5.02 Å². The van der Waals surface area contributed by atoms with E-state index in [9.17, 15) is 0 Å². The number of piperidine rings is 1. The average Bonchev–Trinajstić information content (AvgIpc) is 2.67. The van der Waals surface area contributed by atoms with Crippen molar-refractivity contribution in [3.63, 3.8) is 0 Å². The summed E-state index contributed by atoms with van der Waals surface area (Å²) in [6.45, 7) is 8.09. The van der Waals surface area contributed by atoms with Crippen molar-refractivity contribution in [1.29, 1.82) is 0 Å². The van der Waals surface area contributed by atoms with Gasteiger partial charge in [-0.15, -0.1) is 0 Å². The molecule has 5 heteroatoms. The molecule has 0 aromatic carbocycles. The van der Waals surface area contributed by atoms with E-state index in [4.69, 9.17) is 11.6 Å². The number of halogens is 1. The van der Waals surface area contributed by atoms with E-state index in [-0.39, 0.29) is 0 Å². The summed E-state index contributed by atoms with van der Waals surface area (Å²) in [6.07, 6.45) is 2.43. The summed E-state index contributed by atoms with van der Waals surface area (Å²) in [6, 6.07) is 0.655. The lowest BCUT2D eigenvalue weighted by molar-refractivity contribution is 0.187. The summed E-state index contributed by atoms with van der Waals surface area (Å²) in [5.74, 6) is 0. The minimum Gasteiger partial charge on any atom is -0.317 e. The molecule has 1 N–H and O–H groups in total. The fourth-order valence-electron chi connectivity index (χ4n) is 2.63. The summed E-state index contributed by atoms with van der Waals surface area (Å²) in [4.78, 5) is 2.41. The first-order chi connectivity index (χ1) is 8.63. The van der Waals surface area contributed by atoms with Gasteiger partial charge in [-0.25, -0.2) is 0 Å². The molecule has 1 aliphatic heterocycles. The van der Waals surface area contributed by atoms with Gasteiger partial charge in [0, 0.05) is 19.1 Å². The van der Waals surface area contributed by atoms with Gasteiger partial charge in [-0.05, 0) is 46.8 Å². The topological polar surface area (TPSA) is 33.1 Å². The summed E-state index contributed by atoms with van der Waals surface area (Å²) in [7, 11) is 2.19. The van der Waals surface area contributed by atoms with Crippen molar-refractivity contribution in [2.45, 2.75) is 45.8 Å². The van der Waals surface area contributed by atoms with E-state index in [1.54, 1.807) is 0 Å². The standard InChI is InChI=1S/C13H23ClN4/c1-4-18-12(13(14)10(2)16-18)9-17(3)11-5-7-15-8-6-11/h11,15H,4-9H2,1-3H3. The minimum atomic E-state index is 0.655. The van der Waals surface area contributed by atoms with Crippen LogP contribution in [0.5, 0.6) is 0 Å². The van der Waals surface area contributed by atoms with E-state index in [0.29, 0.717) is 6.04 Å². The zero-order valence-electron chi connectivity index (χ0n) is 11.5. The molecule has 1 aliphatic rings. The third-order valence-corrected chi connectivity index (χ3v) is 4.28. The molecule has 0 bridgehead atoms. The molecular weight excluding hydrogens is 248 g/mol. The van der Waals surface area contributed by atoms with Crippen molar-refractivity contribution in [3.8, 4) is 0 Å². The highest BCUT2D eigenvalue weighted by Gasteiger charge is 2.21. The molecule has 0 spiro atoms. The molecule has 0 amide bonds. The Hall–Kier alpha value is -0.580. The van der Waals surface area contributed by atoms with E-state index >= 15 is 0 Å². The van der Waals surface area contributed by atoms with Crippen LogP contribution < -0.4 is 5.32 Å². The zero-order chi connectivity index (χ0) is 13.1. The van der Waals surface area contributed by atoms with Crippen LogP contribution in [-0.4, -0.2) is 40.9 Å². The van der Waals surface area contributed by atoms with Crippen molar-refractivity contribution in [3.05, 3.63) is 16.4 Å². The summed E-state index contributed by atoms with van der Waals surface area (Å²) in [5, 5.41) is 8.70. The molecule has 1 aromatic rings. The van der Waals surface area contributed by atoms with Crippen LogP contribution in [-0.2, 0) is 13.1 Å². The van der Waals surface area contributed by atoms with Crippen molar-refractivity contribution in [2.24, 2.45) is 0 Å². The van der Waals surface area contributed by atoms with Gasteiger partial charge < -0.3 is 5.32 Å². The fraction of sp³-hybridized carbons (Fsp3) is 0.769. The molecule has 4 nitrogen and oxygen atoms in total. The second-order valence-corrected chi connectivity index (χ2v) is 5.44. The number of aryl methyl sites for hydroxylation is 2. The average molecular weight is 271 g/mol. The quantitative estimate of drug-likeness (QED) is 0.909. The third kappa shape index (κ3) is 2.87. The predicted molar refractivity (Wildman–Crippen MR) is 75.0 cm³/mol. The maximum atomic E-state index is 6.35. The maximum absolute atomic E-state index is 6.35. The van der Waals surface area contributed by atoms with Gasteiger partial charge in [0.2, 0.25) is 0 Å². The Labute approximate surface area is 114 Å². The Morgan fingerprint density at radius 2 is 2.11 bits per heavy atom. The van der Waals surface area contributed by atoms with Crippen LogP contribution in [0.4, 0.5) is 0 Å². The number of nitrogens with zero attached hydrogens (tertiary/aromatic N) is 3. The normalized spacial score (nSPS) is 17.6. The third-order valence-electron chi connectivity index (χ3n) is 3.78. The fourth-order valence-corrected chi connectivity index (χ4v) is 2.83. The highest BCUT2D eigenvalue weighted by atomic mass is 35.5. The number of rotatable bonds is 4. The lowest BCUT2D eigenvalue weighted by Crippen LogP contribution is -2.41. The highest BCUT2D eigenvalue weighted by Crippen LogP contribution is 2.23. The molecular formula is C13H23ClN4. The van der Waals surface area contributed by atoms with Gasteiger partial charge in [0.1, 0.15) is 0 Å². The molecule has 1 aromatic heterocycles. The Morgan fingerprint density at radius 3 is 2.72 bits per heavy atom. The van der Waals surface area contributed by atoms with Crippen LogP contribution >= 0.6 is 11.6 Å². The lowest BCUT2D eigenvalue weighted by Gasteiger charge is -2.31. The molecule has 2 rings (SSSR count). The summed E-state index contributed by atoms with van der Waals surface area (Å²) < 4.78 is 2.02. The van der Waals surface area contributed by atoms with E-state index in [1.807, 2.05) is 11.6 Å². The molecule has 1 saturated heterocycles. The number of hydrogen-bond donors (Lipinski definition) is 1. The van der Waals surface area contributed by atoms with Gasteiger partial charge in [0.05, 0.1) is 16.4 Å². The molecule has 0 radical (unpaired) electrons. The second-order valence-electron chi connectivity index (χ2n) is 5.06. The van der Waals surface area contributed by atoms with E-state index in [0.717, 1.165) is 42.6 Å². The summed E-state index contributed by atoms with van der Waals surface area (Å²) >= 11 is 6.35. The first kappa shape index (κ1) is 13.8. The van der Waals surface area contributed by atoms with Gasteiger partial charge in [-0.3, -0.25) is 9.58 Å². The molecule has 0 saturated carbocycles. The Kier molecular flexibility index (Phi) is 4.65. The van der Waals surface area contributed by atoms with Crippen LogP contribution in [0.25, 0.3) is 0 Å². The Balaban J connectivity index is 2.08. The van der Waals surface area contributed by atoms with Gasteiger partial charge in [0.25, 0.3) is 0 Å². The smallest absolute Gasteiger partial charge is 0.0860 e. The zero-order valence-corrected chi connectivity index (χ0v) is 12.3. The SMILES string of the molecule is CCn1nc(C)c(Cl)c1CN(C)C1CCNCC1. The maximum Gasteiger partial charge on any atom is 0.0860 e. The van der Waals surface area contributed by atoms with E-state index in [1.165, 1.54) is 12.8 Å². The van der Waals surface area contributed by atoms with Crippen molar-refractivity contribution >= 4 is 11.6 Å². The largest absolute Gasteiger partial charge is 0.317 e. The molecule has 0 atom stereocenters. The molecule has 2 heterocycles. The highest BCUT2D eigenvalue weighted by molar-refractivity contribution is 6.31. The molecule has 102 valence electrons. The van der Waals surface area contributed by atoms with Crippen molar-refractivity contribution in [2.75, 3.05) is 20.1 Å². The molecule has 18 heavy (non-hydrogen) atoms. The molecule has 1 fully saturated rings. The van der Waals surface area contributed by atoms with Crippen LogP contribution in [0.3, 0.4) is 0 Å². The first-order valence-corrected chi connectivity index (χ1v) is 7.14. The molecule has 0 unspecified atom stereocenters. The van der Waals surface area contributed by atoms with Gasteiger partial charge >= 0.3 is 0 Å². The Morgan fingerprint density at radius 1 is 1.44 bits per heavy atom. The van der Waals surface area contributed by atoms with Gasteiger partial charge in [-0.1, -0.05) is 11.6 Å². The first-order valence-electron chi connectivity index (χ1n) is 6.76. The number of aromatic nitrogens is 2. The minimum absolute atomic E-state index is 0.655. The van der Waals surface area contributed by atoms with Crippen LogP contribution in [0.1, 0.15) is 31.2 Å². The number of nitrogens with one attached hydrogen (secondary N) is 1. The number of hydrogen-bond acceptors (Lipinski definition) is 3. The predicted octanol–water partition coefficient (Wildman–Crippen LogP) is 2.05. The van der Waals surface area contributed by atoms with Crippen molar-refractivity contribution < 1.29 is 0 Å². The van der Waals surface area contributed by atoms with Crippen molar-refractivity contribution in [1.82, 2.24) is 20.0 Å².